The molecule has 0 spiro atoms. The van der Waals surface area contributed by atoms with Crippen molar-refractivity contribution in [2.45, 2.75) is 12.3 Å². The van der Waals surface area contributed by atoms with Crippen LogP contribution in [0.25, 0.3) is 0 Å². The maximum Gasteiger partial charge on any atom is 0.170 e. The van der Waals surface area contributed by atoms with E-state index >= 15 is 0 Å². The van der Waals surface area contributed by atoms with Gasteiger partial charge in [-0.15, -0.1) is 0 Å². The number of rotatable bonds is 6. The zero-order valence-electron chi connectivity index (χ0n) is 12.0. The van der Waals surface area contributed by atoms with Crippen LogP contribution in [0.4, 0.5) is 0 Å². The first-order chi connectivity index (χ1) is 9.68. The zero-order valence-corrected chi connectivity index (χ0v) is 12.0. The number of carbonyl (C=O) groups is 1. The monoisotopic (exact) mass is 268 g/mol. The standard InChI is InChI=1S/C17H20N2O/c1-19(2)12-10-16(15-9-6-11-18-13-15)17(20)14-7-4-3-5-8-14/h3-9,11,13,16H,10,12H2,1-2H3/t16-/m0/s1. The molecule has 2 rings (SSSR count). The van der Waals surface area contributed by atoms with Gasteiger partial charge in [-0.1, -0.05) is 36.4 Å². The SMILES string of the molecule is CN(C)CC[C@H](C(=O)c1ccccc1)c1cccnc1. The maximum absolute atomic E-state index is 12.7. The molecule has 104 valence electrons. The summed E-state index contributed by atoms with van der Waals surface area (Å²) in [5.41, 5.74) is 1.75. The lowest BCUT2D eigenvalue weighted by Gasteiger charge is -2.18. The Labute approximate surface area is 120 Å². The quantitative estimate of drug-likeness (QED) is 0.755. The largest absolute Gasteiger partial charge is 0.309 e. The van der Waals surface area contributed by atoms with E-state index in [1.54, 1.807) is 12.4 Å². The lowest BCUT2D eigenvalue weighted by Crippen LogP contribution is -2.21. The van der Waals surface area contributed by atoms with Crippen LogP contribution in [-0.2, 0) is 0 Å². The van der Waals surface area contributed by atoms with Gasteiger partial charge in [0.2, 0.25) is 0 Å². The first-order valence-corrected chi connectivity index (χ1v) is 6.82. The van der Waals surface area contributed by atoms with Gasteiger partial charge < -0.3 is 4.90 Å². The molecule has 0 aliphatic carbocycles. The molecule has 0 radical (unpaired) electrons. The highest BCUT2D eigenvalue weighted by atomic mass is 16.1. The molecule has 0 unspecified atom stereocenters. The predicted octanol–water partition coefficient (Wildman–Crippen LogP) is 3.00. The molecule has 0 aliphatic rings. The fourth-order valence-electron chi connectivity index (χ4n) is 2.22. The first kappa shape index (κ1) is 14.4. The van der Waals surface area contributed by atoms with Crippen LogP contribution in [0.15, 0.2) is 54.9 Å². The van der Waals surface area contributed by atoms with Crippen molar-refractivity contribution < 1.29 is 4.79 Å². The second-order valence-electron chi connectivity index (χ2n) is 5.16. The maximum atomic E-state index is 12.7. The number of ketones is 1. The Morgan fingerprint density at radius 3 is 2.50 bits per heavy atom. The Kier molecular flexibility index (Phi) is 5.02. The molecule has 0 N–H and O–H groups in total. The molecule has 0 saturated heterocycles. The fourth-order valence-corrected chi connectivity index (χ4v) is 2.22. The van der Waals surface area contributed by atoms with Gasteiger partial charge in [0.05, 0.1) is 5.92 Å². The summed E-state index contributed by atoms with van der Waals surface area (Å²) in [5.74, 6) is 0.0361. The van der Waals surface area contributed by atoms with Crippen molar-refractivity contribution in [3.05, 3.63) is 66.0 Å². The molecule has 1 aromatic heterocycles. The molecular formula is C17H20N2O. The van der Waals surface area contributed by atoms with E-state index in [0.717, 1.165) is 24.1 Å². The molecule has 3 heteroatoms. The minimum atomic E-state index is -0.131. The summed E-state index contributed by atoms with van der Waals surface area (Å²) in [4.78, 5) is 19.0. The van der Waals surface area contributed by atoms with E-state index in [9.17, 15) is 4.79 Å². The van der Waals surface area contributed by atoms with Crippen molar-refractivity contribution in [3.63, 3.8) is 0 Å². The Morgan fingerprint density at radius 2 is 1.90 bits per heavy atom. The summed E-state index contributed by atoms with van der Waals surface area (Å²) in [6.07, 6.45) is 4.33. The van der Waals surface area contributed by atoms with Crippen LogP contribution >= 0.6 is 0 Å². The lowest BCUT2D eigenvalue weighted by molar-refractivity contribution is 0.0951. The van der Waals surface area contributed by atoms with Gasteiger partial charge in [-0.25, -0.2) is 0 Å². The molecule has 0 aliphatic heterocycles. The van der Waals surface area contributed by atoms with E-state index < -0.39 is 0 Å². The third-order valence-electron chi connectivity index (χ3n) is 3.33. The molecule has 1 heterocycles. The van der Waals surface area contributed by atoms with Gasteiger partial charge >= 0.3 is 0 Å². The number of hydrogen-bond acceptors (Lipinski definition) is 3. The topological polar surface area (TPSA) is 33.2 Å². The fraction of sp³-hybridized carbons (Fsp3) is 0.294. The number of hydrogen-bond donors (Lipinski definition) is 0. The number of benzene rings is 1. The van der Waals surface area contributed by atoms with Crippen LogP contribution in [0.2, 0.25) is 0 Å². The second-order valence-corrected chi connectivity index (χ2v) is 5.16. The molecule has 1 atom stereocenters. The minimum Gasteiger partial charge on any atom is -0.309 e. The molecule has 1 aromatic carbocycles. The van der Waals surface area contributed by atoms with E-state index in [2.05, 4.69) is 9.88 Å². The average Bonchev–Trinajstić information content (AvgIpc) is 2.49. The Balaban J connectivity index is 2.25. The summed E-state index contributed by atoms with van der Waals surface area (Å²) in [6.45, 7) is 0.873. The summed E-state index contributed by atoms with van der Waals surface area (Å²) in [5, 5.41) is 0. The van der Waals surface area contributed by atoms with Crippen molar-refractivity contribution in [3.8, 4) is 0 Å². The number of pyridine rings is 1. The summed E-state index contributed by atoms with van der Waals surface area (Å²) in [6, 6.07) is 13.3. The highest BCUT2D eigenvalue weighted by molar-refractivity contribution is 6.00. The Hall–Kier alpha value is -2.00. The summed E-state index contributed by atoms with van der Waals surface area (Å²) < 4.78 is 0. The van der Waals surface area contributed by atoms with Crippen LogP contribution in [0.5, 0.6) is 0 Å². The highest BCUT2D eigenvalue weighted by Crippen LogP contribution is 2.24. The molecule has 0 bridgehead atoms. The van der Waals surface area contributed by atoms with E-state index in [0.29, 0.717) is 0 Å². The van der Waals surface area contributed by atoms with Gasteiger partial charge in [-0.3, -0.25) is 9.78 Å². The van der Waals surface area contributed by atoms with Crippen molar-refractivity contribution in [2.24, 2.45) is 0 Å². The molecule has 0 fully saturated rings. The smallest absolute Gasteiger partial charge is 0.170 e. The van der Waals surface area contributed by atoms with Gasteiger partial charge in [0.15, 0.2) is 5.78 Å². The van der Waals surface area contributed by atoms with Crippen LogP contribution < -0.4 is 0 Å². The summed E-state index contributed by atoms with van der Waals surface area (Å²) >= 11 is 0. The van der Waals surface area contributed by atoms with Gasteiger partial charge in [0.25, 0.3) is 0 Å². The first-order valence-electron chi connectivity index (χ1n) is 6.82. The van der Waals surface area contributed by atoms with Gasteiger partial charge in [0, 0.05) is 18.0 Å². The Morgan fingerprint density at radius 1 is 1.15 bits per heavy atom. The van der Waals surface area contributed by atoms with Crippen molar-refractivity contribution in [2.75, 3.05) is 20.6 Å². The predicted molar refractivity (Wildman–Crippen MR) is 80.9 cm³/mol. The third-order valence-corrected chi connectivity index (χ3v) is 3.33. The van der Waals surface area contributed by atoms with E-state index in [1.807, 2.05) is 56.6 Å². The Bertz CT molecular complexity index is 537. The molecule has 2 aromatic rings. The molecule has 20 heavy (non-hydrogen) atoms. The molecule has 3 nitrogen and oxygen atoms in total. The van der Waals surface area contributed by atoms with Crippen LogP contribution in [0.3, 0.4) is 0 Å². The third kappa shape index (κ3) is 3.75. The lowest BCUT2D eigenvalue weighted by atomic mass is 9.89. The highest BCUT2D eigenvalue weighted by Gasteiger charge is 2.22. The van der Waals surface area contributed by atoms with Crippen molar-refractivity contribution in [1.29, 1.82) is 0 Å². The summed E-state index contributed by atoms with van der Waals surface area (Å²) in [7, 11) is 4.04. The molecule has 0 saturated carbocycles. The number of Topliss-reactive ketones (excluding diaryl/α,β-unsaturated/α-hetero) is 1. The van der Waals surface area contributed by atoms with Gasteiger partial charge in [-0.2, -0.15) is 0 Å². The van der Waals surface area contributed by atoms with Crippen LogP contribution in [0.1, 0.15) is 28.3 Å². The van der Waals surface area contributed by atoms with Gasteiger partial charge in [-0.05, 0) is 38.7 Å². The minimum absolute atomic E-state index is 0.131. The van der Waals surface area contributed by atoms with Crippen LogP contribution in [-0.4, -0.2) is 36.3 Å². The number of carbonyl (C=O) groups excluding carboxylic acids is 1. The number of nitrogens with zero attached hydrogens (tertiary/aromatic N) is 2. The zero-order chi connectivity index (χ0) is 14.4. The number of aromatic nitrogens is 1. The van der Waals surface area contributed by atoms with Crippen molar-refractivity contribution in [1.82, 2.24) is 9.88 Å². The van der Waals surface area contributed by atoms with Crippen molar-refractivity contribution >= 4 is 5.78 Å². The average molecular weight is 268 g/mol. The van der Waals surface area contributed by atoms with E-state index in [1.165, 1.54) is 0 Å². The van der Waals surface area contributed by atoms with Gasteiger partial charge in [0.1, 0.15) is 0 Å². The van der Waals surface area contributed by atoms with Crippen LogP contribution in [0, 0.1) is 0 Å². The van der Waals surface area contributed by atoms with E-state index in [-0.39, 0.29) is 11.7 Å². The molecular weight excluding hydrogens is 248 g/mol. The second kappa shape index (κ2) is 6.96. The van der Waals surface area contributed by atoms with E-state index in [4.69, 9.17) is 0 Å². The normalized spacial score (nSPS) is 12.3. The molecule has 0 amide bonds.